The molecule has 0 bridgehead atoms. The Morgan fingerprint density at radius 3 is 2.27 bits per heavy atom. The molecule has 6 rings (SSSR count). The minimum absolute atomic E-state index is 0.0687. The maximum Gasteiger partial charge on any atom is 0.247 e. The third kappa shape index (κ3) is 4.71. The van der Waals surface area contributed by atoms with Gasteiger partial charge in [0.15, 0.2) is 0 Å². The average Bonchev–Trinajstić information content (AvgIpc) is 3.25. The Hall–Kier alpha value is -3.36. The van der Waals surface area contributed by atoms with E-state index in [2.05, 4.69) is 19.1 Å². The molecule has 8 heteroatoms. The van der Waals surface area contributed by atoms with Gasteiger partial charge in [-0.2, -0.15) is 0 Å². The van der Waals surface area contributed by atoms with Crippen LogP contribution in [0.5, 0.6) is 0 Å². The van der Waals surface area contributed by atoms with Crippen molar-refractivity contribution in [2.75, 3.05) is 31.1 Å². The van der Waals surface area contributed by atoms with Crippen molar-refractivity contribution in [1.82, 2.24) is 9.80 Å². The quantitative estimate of drug-likeness (QED) is 0.382. The molecule has 4 aliphatic rings. The summed E-state index contributed by atoms with van der Waals surface area (Å²) in [6, 6.07) is 18.8. The highest BCUT2D eigenvalue weighted by Gasteiger charge is 2.73. The predicted octanol–water partition coefficient (Wildman–Crippen LogP) is 4.04. The summed E-state index contributed by atoms with van der Waals surface area (Å²) in [5.41, 5.74) is 1.84. The lowest BCUT2D eigenvalue weighted by molar-refractivity contribution is -0.143. The summed E-state index contributed by atoms with van der Waals surface area (Å²) in [4.78, 5) is 48.8. The van der Waals surface area contributed by atoms with Gasteiger partial charge in [0.2, 0.25) is 17.7 Å². The van der Waals surface area contributed by atoms with Crippen LogP contribution in [0.2, 0.25) is 0 Å². The van der Waals surface area contributed by atoms with Gasteiger partial charge in [-0.1, -0.05) is 72.8 Å². The molecule has 2 saturated heterocycles. The highest BCUT2D eigenvalue weighted by molar-refractivity contribution is 8.02. The second-order valence-electron chi connectivity index (χ2n) is 11.6. The topological polar surface area (TPSA) is 81.2 Å². The van der Waals surface area contributed by atoms with Gasteiger partial charge in [0, 0.05) is 43.2 Å². The second-order valence-corrected chi connectivity index (χ2v) is 13.4. The summed E-state index contributed by atoms with van der Waals surface area (Å²) in [7, 11) is 0. The summed E-state index contributed by atoms with van der Waals surface area (Å²) >= 11 is 1.62. The molecule has 2 aromatic carbocycles. The number of thioether (sulfide) groups is 1. The number of aliphatic hydroxyl groups is 1. The maximum atomic E-state index is 14.5. The lowest BCUT2D eigenvalue weighted by atomic mass is 9.74. The van der Waals surface area contributed by atoms with E-state index in [0.717, 1.165) is 17.7 Å². The third-order valence-electron chi connectivity index (χ3n) is 8.98. The number of unbranched alkanes of at least 4 members (excludes halogenated alkanes) is 2. The molecule has 4 heterocycles. The average molecular weight is 572 g/mol. The first-order valence-electron chi connectivity index (χ1n) is 14.6. The first kappa shape index (κ1) is 27.8. The number of amides is 3. The minimum atomic E-state index is -0.851. The van der Waals surface area contributed by atoms with Crippen LogP contribution in [0.15, 0.2) is 85.0 Å². The van der Waals surface area contributed by atoms with Crippen LogP contribution in [-0.4, -0.2) is 74.4 Å². The number of fused-ring (bicyclic) bond motifs is 2. The van der Waals surface area contributed by atoms with Crippen molar-refractivity contribution in [2.24, 2.45) is 11.8 Å². The Morgan fingerprint density at radius 2 is 1.54 bits per heavy atom. The fourth-order valence-corrected chi connectivity index (χ4v) is 9.32. The number of rotatable bonds is 8. The van der Waals surface area contributed by atoms with Gasteiger partial charge in [0.1, 0.15) is 6.04 Å². The predicted molar refractivity (Wildman–Crippen MR) is 161 cm³/mol. The van der Waals surface area contributed by atoms with Crippen molar-refractivity contribution in [2.45, 2.75) is 48.3 Å². The molecule has 5 atom stereocenters. The normalized spacial score (nSPS) is 30.7. The highest BCUT2D eigenvalue weighted by atomic mass is 32.2. The second kappa shape index (κ2) is 11.1. The van der Waals surface area contributed by atoms with Crippen molar-refractivity contribution in [3.8, 4) is 0 Å². The number of benzene rings is 2. The van der Waals surface area contributed by atoms with Gasteiger partial charge in [-0.15, -0.1) is 11.8 Å². The number of aliphatic hydroxyl groups excluding tert-OH is 1. The molecule has 0 saturated carbocycles. The van der Waals surface area contributed by atoms with Gasteiger partial charge in [-0.25, -0.2) is 0 Å². The van der Waals surface area contributed by atoms with E-state index in [9.17, 15) is 19.5 Å². The number of nitrogens with zero attached hydrogens (tertiary/aromatic N) is 3. The molecule has 0 radical (unpaired) electrons. The van der Waals surface area contributed by atoms with Crippen LogP contribution < -0.4 is 4.90 Å². The Kier molecular flexibility index (Phi) is 7.55. The van der Waals surface area contributed by atoms with Crippen LogP contribution in [0.1, 0.15) is 31.7 Å². The van der Waals surface area contributed by atoms with E-state index in [1.165, 1.54) is 0 Å². The van der Waals surface area contributed by atoms with Crippen molar-refractivity contribution in [1.29, 1.82) is 0 Å². The number of carbonyl (C=O) groups is 3. The van der Waals surface area contributed by atoms with Crippen molar-refractivity contribution < 1.29 is 19.5 Å². The molecular formula is C33H37N3O4S. The van der Waals surface area contributed by atoms with Crippen LogP contribution in [0, 0.1) is 11.8 Å². The molecule has 2 aromatic rings. The molecule has 3 amide bonds. The van der Waals surface area contributed by atoms with Crippen LogP contribution in [0.25, 0.3) is 0 Å². The largest absolute Gasteiger partial charge is 0.396 e. The molecule has 7 nitrogen and oxygen atoms in total. The fourth-order valence-electron chi connectivity index (χ4n) is 7.16. The summed E-state index contributed by atoms with van der Waals surface area (Å²) in [6.07, 6.45) is 10.3. The Balaban J connectivity index is 1.41. The fraction of sp³-hybridized carbons (Fsp3) is 0.424. The minimum Gasteiger partial charge on any atom is -0.396 e. The van der Waals surface area contributed by atoms with Crippen molar-refractivity contribution in [3.05, 3.63) is 90.5 Å². The molecule has 2 fully saturated rings. The van der Waals surface area contributed by atoms with E-state index < -0.39 is 27.4 Å². The standard InChI is InChI=1S/C33H37N3O4S/c1-32-17-11-21-35(25-15-7-3-8-16-25)29(38)26(32)27-30(39)36(20-9-4-10-22-37)28-31(40)34(19-12-18-33(27,28)41-32)23-24-13-5-2-6-14-24/h2-3,5-8,11-18,26-28,37H,4,9-10,19-23H2,1H3/t26-,27-,28?,32+,33-/m0/s1. The molecular weight excluding hydrogens is 534 g/mol. The summed E-state index contributed by atoms with van der Waals surface area (Å²) < 4.78 is -1.49. The van der Waals surface area contributed by atoms with Crippen LogP contribution in [-0.2, 0) is 20.9 Å². The Morgan fingerprint density at radius 1 is 0.829 bits per heavy atom. The molecule has 4 aliphatic heterocycles. The van der Waals surface area contributed by atoms with Crippen LogP contribution >= 0.6 is 11.8 Å². The lowest BCUT2D eigenvalue weighted by Crippen LogP contribution is -2.53. The monoisotopic (exact) mass is 571 g/mol. The van der Waals surface area contributed by atoms with Crippen molar-refractivity contribution in [3.63, 3.8) is 0 Å². The van der Waals surface area contributed by atoms with E-state index in [4.69, 9.17) is 0 Å². The van der Waals surface area contributed by atoms with Gasteiger partial charge < -0.3 is 19.8 Å². The first-order chi connectivity index (χ1) is 19.9. The van der Waals surface area contributed by atoms with Gasteiger partial charge in [0.05, 0.1) is 16.6 Å². The molecule has 0 aromatic heterocycles. The van der Waals surface area contributed by atoms with E-state index in [1.807, 2.05) is 77.7 Å². The van der Waals surface area contributed by atoms with E-state index in [-0.39, 0.29) is 24.3 Å². The van der Waals surface area contributed by atoms with E-state index in [1.54, 1.807) is 21.6 Å². The lowest BCUT2D eigenvalue weighted by Gasteiger charge is -2.37. The Labute approximate surface area is 245 Å². The zero-order chi connectivity index (χ0) is 28.6. The number of para-hydroxylation sites is 1. The smallest absolute Gasteiger partial charge is 0.247 e. The molecule has 1 unspecified atom stereocenters. The number of hydrogen-bond acceptors (Lipinski definition) is 5. The number of anilines is 1. The van der Waals surface area contributed by atoms with E-state index >= 15 is 0 Å². The van der Waals surface area contributed by atoms with E-state index in [0.29, 0.717) is 39.0 Å². The first-order valence-corrected chi connectivity index (χ1v) is 15.4. The molecule has 1 N–H and O–H groups in total. The summed E-state index contributed by atoms with van der Waals surface area (Å²) in [5, 5.41) is 9.31. The zero-order valence-corrected chi connectivity index (χ0v) is 24.2. The summed E-state index contributed by atoms with van der Waals surface area (Å²) in [6.45, 7) is 3.93. The van der Waals surface area contributed by atoms with Gasteiger partial charge >= 0.3 is 0 Å². The van der Waals surface area contributed by atoms with Gasteiger partial charge in [-0.3, -0.25) is 14.4 Å². The molecule has 0 aliphatic carbocycles. The number of likely N-dealkylation sites (tertiary alicyclic amines) is 1. The number of carbonyl (C=O) groups excluding carboxylic acids is 3. The third-order valence-corrected chi connectivity index (χ3v) is 10.8. The Bertz CT molecular complexity index is 1370. The zero-order valence-electron chi connectivity index (χ0n) is 23.4. The van der Waals surface area contributed by atoms with Gasteiger partial charge in [0.25, 0.3) is 0 Å². The molecule has 41 heavy (non-hydrogen) atoms. The highest BCUT2D eigenvalue weighted by Crippen LogP contribution is 2.65. The SMILES string of the molecule is C[C@@]12C=CCN(c3ccccc3)C(=O)[C@@H]1[C@H]1C(=O)N(CCCCCO)C3C(=O)N(Cc4ccccc4)CC=C[C@@]31S2. The number of hydrogen-bond donors (Lipinski definition) is 1. The summed E-state index contributed by atoms with van der Waals surface area (Å²) in [5.74, 6) is -1.52. The van der Waals surface area contributed by atoms with Crippen LogP contribution in [0.4, 0.5) is 5.69 Å². The van der Waals surface area contributed by atoms with Gasteiger partial charge in [-0.05, 0) is 43.9 Å². The van der Waals surface area contributed by atoms with Crippen LogP contribution in [0.3, 0.4) is 0 Å². The molecule has 214 valence electrons. The maximum absolute atomic E-state index is 14.5. The van der Waals surface area contributed by atoms with Crippen molar-refractivity contribution >= 4 is 35.2 Å². The molecule has 1 spiro atoms.